The predicted molar refractivity (Wildman–Crippen MR) is 69.8 cm³/mol. The number of ether oxygens (including phenoxy) is 1. The molecule has 0 radical (unpaired) electrons. The summed E-state index contributed by atoms with van der Waals surface area (Å²) in [5.41, 5.74) is 0.735. The van der Waals surface area contributed by atoms with Gasteiger partial charge in [0.15, 0.2) is 0 Å². The molecule has 0 aromatic rings. The number of unbranched alkanes of at least 4 members (excludes halogenated alkanes) is 1. The third-order valence-corrected chi connectivity index (χ3v) is 3.61. The molecule has 1 fully saturated rings. The molecule has 1 saturated heterocycles. The molecule has 1 aliphatic rings. The zero-order valence-electron chi connectivity index (χ0n) is 11.6. The molecule has 1 N–H and O–H groups in total. The van der Waals surface area contributed by atoms with E-state index in [4.69, 9.17) is 4.74 Å². The van der Waals surface area contributed by atoms with E-state index in [9.17, 15) is 0 Å². The third-order valence-electron chi connectivity index (χ3n) is 3.61. The van der Waals surface area contributed by atoms with Crippen molar-refractivity contribution in [2.75, 3.05) is 19.8 Å². The first-order chi connectivity index (χ1) is 7.47. The van der Waals surface area contributed by atoms with Crippen molar-refractivity contribution in [1.29, 1.82) is 0 Å². The largest absolute Gasteiger partial charge is 0.381 e. The van der Waals surface area contributed by atoms with Gasteiger partial charge in [-0.2, -0.15) is 0 Å². The molecule has 96 valence electrons. The Hall–Kier alpha value is -0.0800. The van der Waals surface area contributed by atoms with Gasteiger partial charge in [0.1, 0.15) is 0 Å². The number of nitrogens with one attached hydrogen (secondary N) is 1. The number of rotatable bonds is 5. The van der Waals surface area contributed by atoms with Crippen molar-refractivity contribution >= 4 is 0 Å². The fraction of sp³-hybridized carbons (Fsp3) is 1.00. The van der Waals surface area contributed by atoms with Crippen LogP contribution in [0, 0.1) is 5.41 Å². The maximum absolute atomic E-state index is 5.51. The molecule has 1 aliphatic heterocycles. The number of hydrogen-bond donors (Lipinski definition) is 1. The van der Waals surface area contributed by atoms with Crippen molar-refractivity contribution in [3.63, 3.8) is 0 Å². The Bertz CT molecular complexity index is 189. The van der Waals surface area contributed by atoms with Gasteiger partial charge in [-0.1, -0.05) is 19.8 Å². The smallest absolute Gasteiger partial charge is 0.0471 e. The lowest BCUT2D eigenvalue weighted by atomic mass is 9.75. The molecule has 1 rings (SSSR count). The Kier molecular flexibility index (Phi) is 5.26. The molecule has 0 aliphatic carbocycles. The highest BCUT2D eigenvalue weighted by atomic mass is 16.5. The van der Waals surface area contributed by atoms with Gasteiger partial charge in [0.25, 0.3) is 0 Å². The Morgan fingerprint density at radius 3 is 2.31 bits per heavy atom. The summed E-state index contributed by atoms with van der Waals surface area (Å²) in [5.74, 6) is 0. The summed E-state index contributed by atoms with van der Waals surface area (Å²) in [4.78, 5) is 0. The van der Waals surface area contributed by atoms with E-state index in [1.165, 1.54) is 32.1 Å². The Labute approximate surface area is 101 Å². The van der Waals surface area contributed by atoms with Gasteiger partial charge in [0, 0.05) is 25.3 Å². The van der Waals surface area contributed by atoms with Gasteiger partial charge in [-0.15, -0.1) is 0 Å². The molecule has 0 aromatic carbocycles. The van der Waals surface area contributed by atoms with Crippen molar-refractivity contribution in [1.82, 2.24) is 5.32 Å². The van der Waals surface area contributed by atoms with Gasteiger partial charge < -0.3 is 10.1 Å². The molecule has 0 amide bonds. The van der Waals surface area contributed by atoms with Crippen LogP contribution < -0.4 is 5.32 Å². The van der Waals surface area contributed by atoms with Crippen LogP contribution in [0.5, 0.6) is 0 Å². The Morgan fingerprint density at radius 2 is 1.81 bits per heavy atom. The lowest BCUT2D eigenvalue weighted by Crippen LogP contribution is -2.46. The molecular weight excluding hydrogens is 198 g/mol. The van der Waals surface area contributed by atoms with Crippen LogP contribution in [-0.4, -0.2) is 25.3 Å². The maximum Gasteiger partial charge on any atom is 0.0471 e. The van der Waals surface area contributed by atoms with Gasteiger partial charge in [0.05, 0.1) is 0 Å². The van der Waals surface area contributed by atoms with Crippen molar-refractivity contribution in [3.05, 3.63) is 0 Å². The van der Waals surface area contributed by atoms with Crippen LogP contribution in [0.4, 0.5) is 0 Å². The highest BCUT2D eigenvalue weighted by Crippen LogP contribution is 2.35. The second-order valence-electron chi connectivity index (χ2n) is 6.32. The topological polar surface area (TPSA) is 21.3 Å². The highest BCUT2D eigenvalue weighted by Gasteiger charge is 2.32. The first kappa shape index (κ1) is 14.0. The van der Waals surface area contributed by atoms with Crippen LogP contribution in [0.2, 0.25) is 0 Å². The van der Waals surface area contributed by atoms with Gasteiger partial charge in [0.2, 0.25) is 0 Å². The van der Waals surface area contributed by atoms with E-state index in [-0.39, 0.29) is 5.54 Å². The van der Waals surface area contributed by atoms with Gasteiger partial charge in [-0.25, -0.2) is 0 Å². The van der Waals surface area contributed by atoms with Gasteiger partial charge in [-0.3, -0.25) is 0 Å². The summed E-state index contributed by atoms with van der Waals surface area (Å²) < 4.78 is 5.51. The van der Waals surface area contributed by atoms with Gasteiger partial charge >= 0.3 is 0 Å². The van der Waals surface area contributed by atoms with E-state index in [2.05, 4.69) is 33.0 Å². The molecule has 2 nitrogen and oxygen atoms in total. The highest BCUT2D eigenvalue weighted by molar-refractivity contribution is 4.86. The fourth-order valence-corrected chi connectivity index (χ4v) is 2.32. The molecule has 0 atom stereocenters. The van der Waals surface area contributed by atoms with Crippen molar-refractivity contribution in [2.45, 2.75) is 65.3 Å². The van der Waals surface area contributed by atoms with Gasteiger partial charge in [-0.05, 0) is 45.4 Å². The first-order valence-electron chi connectivity index (χ1n) is 6.80. The minimum atomic E-state index is 0.234. The molecule has 0 unspecified atom stereocenters. The summed E-state index contributed by atoms with van der Waals surface area (Å²) in [6.07, 6.45) is 6.48. The predicted octanol–water partition coefficient (Wildman–Crippen LogP) is 3.36. The molecule has 0 saturated carbocycles. The molecule has 16 heavy (non-hydrogen) atoms. The second kappa shape index (κ2) is 6.02. The van der Waals surface area contributed by atoms with E-state index in [0.717, 1.165) is 19.8 Å². The summed E-state index contributed by atoms with van der Waals surface area (Å²) >= 11 is 0. The molecule has 1 heterocycles. The monoisotopic (exact) mass is 227 g/mol. The normalized spacial score (nSPS) is 21.0. The molecule has 0 aromatic heterocycles. The van der Waals surface area contributed by atoms with Crippen LogP contribution in [0.15, 0.2) is 0 Å². The van der Waals surface area contributed by atoms with Crippen LogP contribution >= 0.6 is 0 Å². The standard InChI is InChI=1S/C14H29NO/c1-5-6-7-14(8-10-16-11-9-14)12-15-13(2,3)4/h15H,5-12H2,1-4H3. The van der Waals surface area contributed by atoms with Crippen LogP contribution in [-0.2, 0) is 4.74 Å². The Balaban J connectivity index is 2.48. The van der Waals surface area contributed by atoms with Crippen LogP contribution in [0.1, 0.15) is 59.8 Å². The summed E-state index contributed by atoms with van der Waals surface area (Å²) in [7, 11) is 0. The molecule has 0 spiro atoms. The lowest BCUT2D eigenvalue weighted by Gasteiger charge is -2.39. The zero-order chi connectivity index (χ0) is 12.1. The summed E-state index contributed by atoms with van der Waals surface area (Å²) in [6, 6.07) is 0. The van der Waals surface area contributed by atoms with Crippen molar-refractivity contribution in [2.24, 2.45) is 5.41 Å². The minimum Gasteiger partial charge on any atom is -0.381 e. The molecule has 2 heteroatoms. The lowest BCUT2D eigenvalue weighted by molar-refractivity contribution is 0.00654. The zero-order valence-corrected chi connectivity index (χ0v) is 11.6. The fourth-order valence-electron chi connectivity index (χ4n) is 2.32. The van der Waals surface area contributed by atoms with E-state index >= 15 is 0 Å². The Morgan fingerprint density at radius 1 is 1.19 bits per heavy atom. The van der Waals surface area contributed by atoms with E-state index in [0.29, 0.717) is 5.41 Å². The maximum atomic E-state index is 5.51. The third kappa shape index (κ3) is 4.84. The average molecular weight is 227 g/mol. The quantitative estimate of drug-likeness (QED) is 0.777. The number of hydrogen-bond acceptors (Lipinski definition) is 2. The van der Waals surface area contributed by atoms with Crippen LogP contribution in [0.25, 0.3) is 0 Å². The van der Waals surface area contributed by atoms with E-state index < -0.39 is 0 Å². The summed E-state index contributed by atoms with van der Waals surface area (Å²) in [5, 5.41) is 3.69. The average Bonchev–Trinajstić information content (AvgIpc) is 2.24. The SMILES string of the molecule is CCCCC1(CNC(C)(C)C)CCOCC1. The molecule has 0 bridgehead atoms. The molecular formula is C14H29NO. The minimum absolute atomic E-state index is 0.234. The van der Waals surface area contributed by atoms with E-state index in [1.807, 2.05) is 0 Å². The van der Waals surface area contributed by atoms with Crippen molar-refractivity contribution < 1.29 is 4.74 Å². The second-order valence-corrected chi connectivity index (χ2v) is 6.32. The first-order valence-corrected chi connectivity index (χ1v) is 6.80. The van der Waals surface area contributed by atoms with E-state index in [1.54, 1.807) is 0 Å². The van der Waals surface area contributed by atoms with Crippen LogP contribution in [0.3, 0.4) is 0 Å². The summed E-state index contributed by atoms with van der Waals surface area (Å²) in [6.45, 7) is 12.1. The van der Waals surface area contributed by atoms with Crippen molar-refractivity contribution in [3.8, 4) is 0 Å².